The van der Waals surface area contributed by atoms with Gasteiger partial charge in [0, 0.05) is 48.4 Å². The van der Waals surface area contributed by atoms with Crippen LogP contribution in [0.15, 0.2) is 54.0 Å². The van der Waals surface area contributed by atoms with Crippen LogP contribution in [0.1, 0.15) is 59.4 Å². The third kappa shape index (κ3) is 4.70. The molecule has 2 aliphatic rings. The molecule has 1 saturated heterocycles. The summed E-state index contributed by atoms with van der Waals surface area (Å²) in [5.74, 6) is 0.0531. The lowest BCUT2D eigenvalue weighted by Crippen LogP contribution is -2.54. The molecular weight excluding hydrogens is 573 g/mol. The normalized spacial score (nSPS) is 16.4. The SMILES string of the molecule is C=CC(=O)N1CCN(c2nc(=O)n(-c3c(C)ccnc3C(C)C)c3c4c(c(C)cc23)-c2c(P)cccc2C(=O)OC4)[C@@H](C)C1. The Kier molecular flexibility index (Phi) is 7.62. The van der Waals surface area contributed by atoms with Gasteiger partial charge in [-0.05, 0) is 73.0 Å². The number of esters is 1. The highest BCUT2D eigenvalue weighted by Crippen LogP contribution is 2.41. The number of pyridine rings is 1. The number of fused-ring (bicyclic) bond motifs is 5. The molecule has 10 heteroatoms. The van der Waals surface area contributed by atoms with Crippen LogP contribution in [0, 0.1) is 13.8 Å². The van der Waals surface area contributed by atoms with Crippen LogP contribution in [0.3, 0.4) is 0 Å². The van der Waals surface area contributed by atoms with Crippen LogP contribution in [-0.4, -0.2) is 57.0 Å². The molecule has 0 N–H and O–H groups in total. The van der Waals surface area contributed by atoms with Gasteiger partial charge in [0.15, 0.2) is 0 Å². The van der Waals surface area contributed by atoms with E-state index in [1.807, 2.05) is 39.0 Å². The van der Waals surface area contributed by atoms with Crippen LogP contribution in [0.4, 0.5) is 5.82 Å². The van der Waals surface area contributed by atoms with Crippen molar-refractivity contribution >= 4 is 43.1 Å². The van der Waals surface area contributed by atoms with E-state index in [0.29, 0.717) is 42.2 Å². The Morgan fingerprint density at radius 2 is 1.91 bits per heavy atom. The number of aryl methyl sites for hydroxylation is 2. The molecule has 1 fully saturated rings. The fourth-order valence-electron chi connectivity index (χ4n) is 6.63. The molecule has 2 aliphatic heterocycles. The van der Waals surface area contributed by atoms with Crippen molar-refractivity contribution in [3.63, 3.8) is 0 Å². The molecule has 0 radical (unpaired) electrons. The highest BCUT2D eigenvalue weighted by atomic mass is 31.0. The zero-order valence-electron chi connectivity index (χ0n) is 25.7. The summed E-state index contributed by atoms with van der Waals surface area (Å²) in [7, 11) is 2.75. The fourth-order valence-corrected chi connectivity index (χ4v) is 7.05. The molecule has 1 amide bonds. The summed E-state index contributed by atoms with van der Waals surface area (Å²) in [6, 6.07) is 9.43. The van der Waals surface area contributed by atoms with Crippen LogP contribution in [-0.2, 0) is 16.1 Å². The lowest BCUT2D eigenvalue weighted by molar-refractivity contribution is -0.126. The maximum Gasteiger partial charge on any atom is 0.354 e. The van der Waals surface area contributed by atoms with Crippen molar-refractivity contribution in [3.8, 4) is 16.8 Å². The van der Waals surface area contributed by atoms with Crippen molar-refractivity contribution in [2.24, 2.45) is 0 Å². The van der Waals surface area contributed by atoms with E-state index in [-0.39, 0.29) is 24.5 Å². The number of ether oxygens (including phenoxy) is 1. The van der Waals surface area contributed by atoms with Crippen molar-refractivity contribution in [2.75, 3.05) is 24.5 Å². The van der Waals surface area contributed by atoms with Gasteiger partial charge >= 0.3 is 11.7 Å². The van der Waals surface area contributed by atoms with Crippen LogP contribution in [0.2, 0.25) is 0 Å². The van der Waals surface area contributed by atoms with E-state index >= 15 is 0 Å². The minimum Gasteiger partial charge on any atom is -0.457 e. The first kappa shape index (κ1) is 29.7. The second kappa shape index (κ2) is 11.3. The van der Waals surface area contributed by atoms with Gasteiger partial charge in [0.25, 0.3) is 0 Å². The second-order valence-corrected chi connectivity index (χ2v) is 12.5. The van der Waals surface area contributed by atoms with E-state index in [0.717, 1.165) is 44.2 Å². The van der Waals surface area contributed by atoms with Gasteiger partial charge in [0.1, 0.15) is 12.4 Å². The lowest BCUT2D eigenvalue weighted by atomic mass is 9.90. The molecule has 0 aliphatic carbocycles. The number of amides is 1. The summed E-state index contributed by atoms with van der Waals surface area (Å²) in [6.07, 6.45) is 3.09. The molecule has 0 saturated carbocycles. The van der Waals surface area contributed by atoms with Crippen LogP contribution in [0.25, 0.3) is 27.7 Å². The number of aromatic nitrogens is 3. The van der Waals surface area contributed by atoms with E-state index in [9.17, 15) is 14.4 Å². The summed E-state index contributed by atoms with van der Waals surface area (Å²) in [5, 5.41) is 1.64. The molecule has 6 rings (SSSR count). The Bertz CT molecular complexity index is 1930. The van der Waals surface area contributed by atoms with Gasteiger partial charge < -0.3 is 14.5 Å². The van der Waals surface area contributed by atoms with Crippen molar-refractivity contribution < 1.29 is 14.3 Å². The van der Waals surface area contributed by atoms with E-state index in [2.05, 4.69) is 40.6 Å². The van der Waals surface area contributed by atoms with E-state index in [1.54, 1.807) is 21.7 Å². The average Bonchev–Trinajstić information content (AvgIpc) is 3.14. The molecule has 4 heterocycles. The molecular formula is C34H36N5O4P. The summed E-state index contributed by atoms with van der Waals surface area (Å²) in [5.41, 5.74) is 6.38. The Labute approximate surface area is 258 Å². The summed E-state index contributed by atoms with van der Waals surface area (Å²) in [6.45, 7) is 15.2. The Hall–Kier alpha value is -4.36. The standard InChI is InChI=1S/C34H36N5O4P/c1-7-26(40)37-13-14-38(21(6)16-37)32-23-15-20(5)27-24(17-43-33(41)22-9-8-10-25(44)28(22)27)31(23)39(34(42)36-32)30-19(4)11-12-35-29(30)18(2)3/h7-12,15,18,21H,1,13-14,16-17,44H2,2-6H3/t21-/m0/s1. The summed E-state index contributed by atoms with van der Waals surface area (Å²) >= 11 is 0. The van der Waals surface area contributed by atoms with Gasteiger partial charge in [-0.1, -0.05) is 32.6 Å². The molecule has 2 atom stereocenters. The van der Waals surface area contributed by atoms with Crippen LogP contribution >= 0.6 is 9.24 Å². The number of hydrogen-bond acceptors (Lipinski definition) is 7. The van der Waals surface area contributed by atoms with E-state index < -0.39 is 11.7 Å². The molecule has 2 aromatic carbocycles. The molecule has 0 bridgehead atoms. The molecule has 9 nitrogen and oxygen atoms in total. The van der Waals surface area contributed by atoms with Gasteiger partial charge in [0.2, 0.25) is 5.91 Å². The fraction of sp³-hybridized carbons (Fsp3) is 0.324. The van der Waals surface area contributed by atoms with E-state index in [1.165, 1.54) is 6.08 Å². The number of anilines is 1. The second-order valence-electron chi connectivity index (χ2n) is 11.9. The molecule has 1 unspecified atom stereocenters. The third-order valence-electron chi connectivity index (χ3n) is 8.68. The maximum absolute atomic E-state index is 14.4. The molecule has 2 aromatic heterocycles. The lowest BCUT2D eigenvalue weighted by Gasteiger charge is -2.40. The Balaban J connectivity index is 1.73. The van der Waals surface area contributed by atoms with Gasteiger partial charge in [-0.3, -0.25) is 14.3 Å². The first-order chi connectivity index (χ1) is 21.0. The zero-order chi connectivity index (χ0) is 31.4. The average molecular weight is 610 g/mol. The van der Waals surface area contributed by atoms with E-state index in [4.69, 9.17) is 14.7 Å². The summed E-state index contributed by atoms with van der Waals surface area (Å²) < 4.78 is 7.57. The minimum atomic E-state index is -0.441. The highest BCUT2D eigenvalue weighted by Gasteiger charge is 2.33. The predicted octanol–water partition coefficient (Wildman–Crippen LogP) is 4.58. The third-order valence-corrected chi connectivity index (χ3v) is 9.16. The van der Waals surface area contributed by atoms with Crippen LogP contribution in [0.5, 0.6) is 0 Å². The van der Waals surface area contributed by atoms with Crippen molar-refractivity contribution in [1.82, 2.24) is 19.4 Å². The van der Waals surface area contributed by atoms with Crippen LogP contribution < -0.4 is 15.9 Å². The molecule has 226 valence electrons. The highest BCUT2D eigenvalue weighted by molar-refractivity contribution is 7.28. The quantitative estimate of drug-likeness (QED) is 0.190. The topological polar surface area (TPSA) is 97.6 Å². The number of carbonyl (C=O) groups excluding carboxylic acids is 2. The first-order valence-electron chi connectivity index (χ1n) is 14.8. The maximum atomic E-state index is 14.4. The van der Waals surface area contributed by atoms with Gasteiger partial charge in [-0.2, -0.15) is 4.98 Å². The summed E-state index contributed by atoms with van der Waals surface area (Å²) in [4.78, 5) is 53.4. The van der Waals surface area contributed by atoms with Gasteiger partial charge in [-0.15, -0.1) is 9.24 Å². The smallest absolute Gasteiger partial charge is 0.354 e. The Morgan fingerprint density at radius 1 is 1.14 bits per heavy atom. The number of nitrogens with zero attached hydrogens (tertiary/aromatic N) is 5. The monoisotopic (exact) mass is 609 g/mol. The largest absolute Gasteiger partial charge is 0.457 e. The number of rotatable bonds is 4. The number of piperazine rings is 1. The first-order valence-corrected chi connectivity index (χ1v) is 15.4. The van der Waals surface area contributed by atoms with Crippen molar-refractivity contribution in [3.05, 3.63) is 87.6 Å². The number of hydrogen-bond donors (Lipinski definition) is 0. The zero-order valence-corrected chi connectivity index (χ0v) is 26.8. The Morgan fingerprint density at radius 3 is 2.61 bits per heavy atom. The number of cyclic esters (lactones) is 1. The van der Waals surface area contributed by atoms with Gasteiger partial charge in [-0.25, -0.2) is 9.59 Å². The van der Waals surface area contributed by atoms with Crippen molar-refractivity contribution in [2.45, 2.75) is 53.2 Å². The minimum absolute atomic E-state index is 0.0124. The molecule has 0 spiro atoms. The predicted molar refractivity (Wildman–Crippen MR) is 176 cm³/mol. The molecule has 4 aromatic rings. The number of benzene rings is 2. The van der Waals surface area contributed by atoms with Crippen molar-refractivity contribution in [1.29, 1.82) is 0 Å². The number of carbonyl (C=O) groups is 2. The van der Waals surface area contributed by atoms with Gasteiger partial charge in [0.05, 0.1) is 22.5 Å². The molecule has 44 heavy (non-hydrogen) atoms.